The van der Waals surface area contributed by atoms with Gasteiger partial charge >= 0.3 is 11.9 Å². The van der Waals surface area contributed by atoms with Crippen LogP contribution < -0.4 is 11.1 Å². The molecular weight excluding hydrogens is 340 g/mol. The number of carbonyl (C=O) groups is 3. The Morgan fingerprint density at radius 1 is 1.04 bits per heavy atom. The van der Waals surface area contributed by atoms with E-state index in [0.717, 1.165) is 0 Å². The van der Waals surface area contributed by atoms with E-state index in [4.69, 9.17) is 10.5 Å². The second-order valence-electron chi connectivity index (χ2n) is 4.63. The maximum Gasteiger partial charge on any atom is 0.337 e. The first-order valence-corrected chi connectivity index (χ1v) is 6.79. The molecule has 0 aromatic heterocycles. The van der Waals surface area contributed by atoms with Gasteiger partial charge in [-0.05, 0) is 18.2 Å². The number of amides is 1. The van der Waals surface area contributed by atoms with Gasteiger partial charge < -0.3 is 25.3 Å². The van der Waals surface area contributed by atoms with E-state index in [1.54, 1.807) is 0 Å². The summed E-state index contributed by atoms with van der Waals surface area (Å²) in [7, 11) is 3.89. The Labute approximate surface area is 146 Å². The third-order valence-corrected chi connectivity index (χ3v) is 3.07. The molecule has 0 fully saturated rings. The van der Waals surface area contributed by atoms with Gasteiger partial charge in [0, 0.05) is 19.3 Å². The number of hydrogen-bond donors (Lipinski definition) is 2. The lowest BCUT2D eigenvalue weighted by Crippen LogP contribution is -2.28. The van der Waals surface area contributed by atoms with Crippen LogP contribution in [0.25, 0.3) is 0 Å². The molecule has 3 N–H and O–H groups in total. The molecule has 8 nitrogen and oxygen atoms in total. The Morgan fingerprint density at radius 2 is 1.54 bits per heavy atom. The zero-order chi connectivity index (χ0) is 17.4. The maximum atomic E-state index is 12.0. The number of hydrogen-bond acceptors (Lipinski definition) is 7. The summed E-state index contributed by atoms with van der Waals surface area (Å²) in [5, 5.41) is 2.59. The molecule has 0 spiro atoms. The smallest absolute Gasteiger partial charge is 0.337 e. The van der Waals surface area contributed by atoms with E-state index in [0.29, 0.717) is 0 Å². The molecule has 1 aromatic rings. The minimum atomic E-state index is -0.636. The number of esters is 2. The third-order valence-electron chi connectivity index (χ3n) is 3.07. The molecule has 0 saturated carbocycles. The number of methoxy groups -OCH3 is 3. The van der Waals surface area contributed by atoms with E-state index in [1.165, 1.54) is 39.5 Å². The van der Waals surface area contributed by atoms with E-state index in [9.17, 15) is 14.4 Å². The molecule has 0 heterocycles. The predicted molar refractivity (Wildman–Crippen MR) is 89.5 cm³/mol. The van der Waals surface area contributed by atoms with Crippen LogP contribution in [0.2, 0.25) is 0 Å². The number of rotatable bonds is 7. The van der Waals surface area contributed by atoms with Gasteiger partial charge in [-0.15, -0.1) is 12.4 Å². The third kappa shape index (κ3) is 6.15. The summed E-state index contributed by atoms with van der Waals surface area (Å²) in [6.07, 6.45) is -0.373. The van der Waals surface area contributed by atoms with Crippen LogP contribution in [0.3, 0.4) is 0 Å². The normalized spacial score (nSPS) is 11.0. The summed E-state index contributed by atoms with van der Waals surface area (Å²) in [5.41, 5.74) is 5.97. The van der Waals surface area contributed by atoms with Gasteiger partial charge in [0.15, 0.2) is 0 Å². The fourth-order valence-electron chi connectivity index (χ4n) is 1.85. The van der Waals surface area contributed by atoms with Gasteiger partial charge in [0.1, 0.15) is 0 Å². The van der Waals surface area contributed by atoms with Gasteiger partial charge in [-0.25, -0.2) is 9.59 Å². The number of benzene rings is 1. The first-order chi connectivity index (χ1) is 10.9. The number of halogens is 1. The standard InChI is InChI=1S/C15H20N2O6.ClH/c1-21-12(8-16)7-13(18)17-11-5-9(14(19)22-2)4-10(6-11)15(20)23-3;/h4-6,12H,7-8,16H2,1-3H3,(H,17,18);1H. The van der Waals surface area contributed by atoms with Gasteiger partial charge in [0.25, 0.3) is 0 Å². The van der Waals surface area contributed by atoms with Crippen molar-refractivity contribution in [3.63, 3.8) is 0 Å². The minimum Gasteiger partial charge on any atom is -0.465 e. The van der Waals surface area contributed by atoms with Gasteiger partial charge in [-0.3, -0.25) is 4.79 Å². The molecule has 0 saturated heterocycles. The average molecular weight is 361 g/mol. The van der Waals surface area contributed by atoms with Crippen LogP contribution in [-0.2, 0) is 19.0 Å². The highest BCUT2D eigenvalue weighted by Crippen LogP contribution is 2.17. The molecule has 0 aliphatic heterocycles. The van der Waals surface area contributed by atoms with Crippen LogP contribution in [0.5, 0.6) is 0 Å². The van der Waals surface area contributed by atoms with Crippen molar-refractivity contribution in [3.05, 3.63) is 29.3 Å². The van der Waals surface area contributed by atoms with Crippen molar-refractivity contribution in [3.8, 4) is 0 Å². The Balaban J connectivity index is 0.00000529. The summed E-state index contributed by atoms with van der Waals surface area (Å²) in [6, 6.07) is 4.13. The SMILES string of the molecule is COC(=O)c1cc(NC(=O)CC(CN)OC)cc(C(=O)OC)c1.Cl. The molecule has 0 aliphatic rings. The second-order valence-corrected chi connectivity index (χ2v) is 4.63. The van der Waals surface area contributed by atoms with Crippen LogP contribution in [-0.4, -0.2) is 51.8 Å². The molecule has 1 rings (SSSR count). The van der Waals surface area contributed by atoms with Gasteiger partial charge in [0.2, 0.25) is 5.91 Å². The van der Waals surface area contributed by atoms with Crippen LogP contribution in [0.15, 0.2) is 18.2 Å². The second kappa shape index (κ2) is 10.6. The van der Waals surface area contributed by atoms with Crippen molar-refractivity contribution in [1.29, 1.82) is 0 Å². The lowest BCUT2D eigenvalue weighted by molar-refractivity contribution is -0.118. The molecule has 1 aromatic carbocycles. The molecule has 0 aliphatic carbocycles. The van der Waals surface area contributed by atoms with Crippen molar-refractivity contribution in [2.24, 2.45) is 5.73 Å². The number of carbonyl (C=O) groups excluding carboxylic acids is 3. The number of nitrogens with one attached hydrogen (secondary N) is 1. The molecule has 0 bridgehead atoms. The Bertz CT molecular complexity index is 555. The summed E-state index contributed by atoms with van der Waals surface area (Å²) >= 11 is 0. The first kappa shape index (κ1) is 21.8. The van der Waals surface area contributed by atoms with Crippen molar-refractivity contribution in [2.45, 2.75) is 12.5 Å². The van der Waals surface area contributed by atoms with Gasteiger partial charge in [0.05, 0.1) is 37.9 Å². The summed E-state index contributed by atoms with van der Waals surface area (Å²) in [5.74, 6) is -1.63. The molecular formula is C15H21ClN2O6. The Kier molecular flexibility index (Phi) is 9.63. The lowest BCUT2D eigenvalue weighted by Gasteiger charge is -2.13. The quantitative estimate of drug-likeness (QED) is 0.696. The van der Waals surface area contributed by atoms with Crippen LogP contribution >= 0.6 is 12.4 Å². The molecule has 0 radical (unpaired) electrons. The average Bonchev–Trinajstić information content (AvgIpc) is 2.57. The molecule has 9 heteroatoms. The molecule has 1 atom stereocenters. The monoisotopic (exact) mass is 360 g/mol. The van der Waals surface area contributed by atoms with Crippen LogP contribution in [0, 0.1) is 0 Å². The highest BCUT2D eigenvalue weighted by molar-refractivity contribution is 5.99. The van der Waals surface area contributed by atoms with Crippen molar-refractivity contribution in [2.75, 3.05) is 33.2 Å². The van der Waals surface area contributed by atoms with Gasteiger partial charge in [-0.1, -0.05) is 0 Å². The van der Waals surface area contributed by atoms with E-state index in [2.05, 4.69) is 14.8 Å². The minimum absolute atomic E-state index is 0. The topological polar surface area (TPSA) is 117 Å². The molecule has 134 valence electrons. The summed E-state index contributed by atoms with van der Waals surface area (Å²) in [4.78, 5) is 35.3. The van der Waals surface area contributed by atoms with E-state index in [-0.39, 0.29) is 48.1 Å². The van der Waals surface area contributed by atoms with Gasteiger partial charge in [-0.2, -0.15) is 0 Å². The van der Waals surface area contributed by atoms with E-state index >= 15 is 0 Å². The van der Waals surface area contributed by atoms with Crippen molar-refractivity contribution < 1.29 is 28.6 Å². The van der Waals surface area contributed by atoms with Crippen molar-refractivity contribution in [1.82, 2.24) is 0 Å². The highest BCUT2D eigenvalue weighted by Gasteiger charge is 2.16. The molecule has 1 unspecified atom stereocenters. The maximum absolute atomic E-state index is 12.0. The Morgan fingerprint density at radius 3 is 1.92 bits per heavy atom. The number of nitrogens with two attached hydrogens (primary N) is 1. The number of ether oxygens (including phenoxy) is 3. The van der Waals surface area contributed by atoms with E-state index < -0.39 is 18.0 Å². The van der Waals surface area contributed by atoms with Crippen LogP contribution in [0.4, 0.5) is 5.69 Å². The predicted octanol–water partition coefficient (Wildman–Crippen LogP) is 0.984. The number of anilines is 1. The first-order valence-electron chi connectivity index (χ1n) is 6.79. The molecule has 24 heavy (non-hydrogen) atoms. The lowest BCUT2D eigenvalue weighted by atomic mass is 10.1. The van der Waals surface area contributed by atoms with E-state index in [1.807, 2.05) is 0 Å². The van der Waals surface area contributed by atoms with Crippen LogP contribution in [0.1, 0.15) is 27.1 Å². The Hall–Kier alpha value is -2.16. The zero-order valence-corrected chi connectivity index (χ0v) is 14.5. The highest BCUT2D eigenvalue weighted by atomic mass is 35.5. The largest absolute Gasteiger partial charge is 0.465 e. The molecule has 1 amide bonds. The fourth-order valence-corrected chi connectivity index (χ4v) is 1.85. The summed E-state index contributed by atoms with van der Waals surface area (Å²) in [6.45, 7) is 0.194. The zero-order valence-electron chi connectivity index (χ0n) is 13.7. The van der Waals surface area contributed by atoms with Crippen molar-refractivity contribution >= 4 is 35.9 Å². The fraction of sp³-hybridized carbons (Fsp3) is 0.400. The summed E-state index contributed by atoms with van der Waals surface area (Å²) < 4.78 is 14.3.